The van der Waals surface area contributed by atoms with Crippen molar-refractivity contribution in [3.05, 3.63) is 95.1 Å². The smallest absolute Gasteiger partial charge is 0.121 e. The Morgan fingerprint density at radius 2 is 1.63 bits per heavy atom. The molecule has 0 radical (unpaired) electrons. The van der Waals surface area contributed by atoms with Crippen LogP contribution in [-0.4, -0.2) is 77.0 Å². The molecule has 8 heteroatoms. The van der Waals surface area contributed by atoms with E-state index in [0.717, 1.165) is 53.7 Å². The number of fused-ring (bicyclic) bond motifs is 3. The molecule has 3 heterocycles. The largest absolute Gasteiger partial charge is 0.508 e. The van der Waals surface area contributed by atoms with Gasteiger partial charge in [0, 0.05) is 42.8 Å². The number of benzene rings is 3. The van der Waals surface area contributed by atoms with Crippen molar-refractivity contribution < 1.29 is 34.4 Å². The highest BCUT2D eigenvalue weighted by Gasteiger charge is 2.48. The van der Waals surface area contributed by atoms with E-state index < -0.39 is 11.7 Å². The first-order chi connectivity index (χ1) is 23.6. The number of quaternary nitrogens is 1. The number of ether oxygens (including phenoxy) is 2. The molecule has 4 aliphatic rings. The molecule has 0 spiro atoms. The summed E-state index contributed by atoms with van der Waals surface area (Å²) in [4.78, 5) is 0. The maximum Gasteiger partial charge on any atom is 0.121 e. The maximum atomic E-state index is 12.0. The Morgan fingerprint density at radius 3 is 2.33 bits per heavy atom. The molecular weight excluding hydrogens is 616 g/mol. The Hall–Kier alpha value is -2.98. The summed E-state index contributed by atoms with van der Waals surface area (Å²) in [7, 11) is 0. The molecule has 8 nitrogen and oxygen atoms in total. The van der Waals surface area contributed by atoms with Crippen molar-refractivity contribution in [2.24, 2.45) is 11.8 Å². The average Bonchev–Trinajstić information content (AvgIpc) is 3.69. The topological polar surface area (TPSA) is 111 Å². The molecule has 3 aromatic rings. The number of aliphatic hydroxyl groups excluding tert-OH is 2. The van der Waals surface area contributed by atoms with Gasteiger partial charge < -0.3 is 39.7 Å². The summed E-state index contributed by atoms with van der Waals surface area (Å²) in [6, 6.07) is 23.2. The second-order valence-corrected chi connectivity index (χ2v) is 15.4. The van der Waals surface area contributed by atoms with Gasteiger partial charge in [0.05, 0.1) is 45.6 Å². The monoisotopic (exact) mass is 673 g/mol. The molecule has 3 saturated heterocycles. The van der Waals surface area contributed by atoms with Gasteiger partial charge in [0.25, 0.3) is 0 Å². The summed E-state index contributed by atoms with van der Waals surface area (Å²) >= 11 is 0. The first-order valence-electron chi connectivity index (χ1n) is 18.4. The van der Waals surface area contributed by atoms with E-state index in [1.165, 1.54) is 44.8 Å². The van der Waals surface area contributed by atoms with Crippen molar-refractivity contribution >= 4 is 0 Å². The Bertz CT molecular complexity index is 1480. The second kappa shape index (κ2) is 15.5. The number of hydrogen-bond donors (Lipinski definition) is 5. The molecule has 3 atom stereocenters. The lowest BCUT2D eigenvalue weighted by Gasteiger charge is -2.53. The molecule has 0 unspecified atom stereocenters. The third kappa shape index (κ3) is 8.33. The zero-order chi connectivity index (χ0) is 34.5. The molecule has 5 N–H and O–H groups in total. The minimum absolute atomic E-state index is 0.0240. The quantitative estimate of drug-likeness (QED) is 0.0950. The number of hydrogen-bond acceptors (Lipinski definition) is 7. The van der Waals surface area contributed by atoms with Crippen molar-refractivity contribution in [1.29, 1.82) is 0 Å². The van der Waals surface area contributed by atoms with Gasteiger partial charge in [0.15, 0.2) is 0 Å². The summed E-state index contributed by atoms with van der Waals surface area (Å²) in [6.07, 6.45) is 7.31. The molecule has 3 aliphatic heterocycles. The van der Waals surface area contributed by atoms with Crippen LogP contribution in [0.5, 0.6) is 11.5 Å². The van der Waals surface area contributed by atoms with Crippen molar-refractivity contribution in [2.75, 3.05) is 45.9 Å². The normalized spacial score (nSPS) is 24.5. The molecule has 1 aliphatic carbocycles. The Balaban J connectivity index is 0.968. The number of nitrogens with one attached hydrogen (secondary N) is 1. The molecular formula is C41H57N2O6+. The van der Waals surface area contributed by atoms with E-state index in [-0.39, 0.29) is 29.9 Å². The fourth-order valence-corrected chi connectivity index (χ4v) is 8.59. The zero-order valence-corrected chi connectivity index (χ0v) is 29.4. The molecule has 0 amide bonds. The Kier molecular flexibility index (Phi) is 11.3. The van der Waals surface area contributed by atoms with Crippen molar-refractivity contribution in [1.82, 2.24) is 5.32 Å². The van der Waals surface area contributed by atoms with Gasteiger partial charge in [-0.1, -0.05) is 61.4 Å². The van der Waals surface area contributed by atoms with Gasteiger partial charge in [0.1, 0.15) is 29.7 Å². The van der Waals surface area contributed by atoms with Crippen LogP contribution in [0, 0.1) is 11.8 Å². The van der Waals surface area contributed by atoms with Gasteiger partial charge in [0.2, 0.25) is 0 Å². The van der Waals surface area contributed by atoms with Gasteiger partial charge >= 0.3 is 0 Å². The lowest BCUT2D eigenvalue weighted by molar-refractivity contribution is -0.946. The van der Waals surface area contributed by atoms with E-state index in [0.29, 0.717) is 36.8 Å². The summed E-state index contributed by atoms with van der Waals surface area (Å²) in [5, 5.41) is 45.5. The fourth-order valence-electron chi connectivity index (χ4n) is 8.59. The Labute approximate surface area is 292 Å². The molecule has 7 rings (SSSR count). The highest BCUT2D eigenvalue weighted by molar-refractivity contribution is 5.37. The van der Waals surface area contributed by atoms with Crippen LogP contribution in [0.25, 0.3) is 0 Å². The van der Waals surface area contributed by atoms with Crippen LogP contribution in [0.1, 0.15) is 87.2 Å². The van der Waals surface area contributed by atoms with Crippen molar-refractivity contribution in [3.8, 4) is 11.5 Å². The summed E-state index contributed by atoms with van der Waals surface area (Å²) < 4.78 is 14.0. The fraction of sp³-hybridized carbons (Fsp3) is 0.561. The minimum Gasteiger partial charge on any atom is -0.508 e. The van der Waals surface area contributed by atoms with E-state index in [1.807, 2.05) is 30.3 Å². The van der Waals surface area contributed by atoms with Crippen molar-refractivity contribution in [3.63, 3.8) is 0 Å². The molecule has 1 saturated carbocycles. The van der Waals surface area contributed by atoms with E-state index in [1.54, 1.807) is 12.1 Å². The first-order valence-corrected chi connectivity index (χ1v) is 18.4. The molecule has 49 heavy (non-hydrogen) atoms. The SMILES string of the molecule is CC(C)(NC[C@H](O)c1ccc(O)c(CO)c1)c1ccc(OCCC[N+]23CCC(CC2)[C@@H](OC[C@@](O)(c2ccccc2)C2CCCC2)C3)cc1. The number of rotatable bonds is 16. The third-order valence-corrected chi connectivity index (χ3v) is 11.9. The number of nitrogens with zero attached hydrogens (tertiary/aromatic N) is 1. The molecule has 4 fully saturated rings. The molecule has 2 bridgehead atoms. The lowest BCUT2D eigenvalue weighted by atomic mass is 9.80. The summed E-state index contributed by atoms with van der Waals surface area (Å²) in [5.74, 6) is 1.73. The van der Waals surface area contributed by atoms with E-state index in [2.05, 4.69) is 43.4 Å². The van der Waals surface area contributed by atoms with Crippen LogP contribution in [0.4, 0.5) is 0 Å². The van der Waals surface area contributed by atoms with Crippen LogP contribution in [0.2, 0.25) is 0 Å². The van der Waals surface area contributed by atoms with Crippen LogP contribution in [0.3, 0.4) is 0 Å². The van der Waals surface area contributed by atoms with Crippen LogP contribution >= 0.6 is 0 Å². The highest BCUT2D eigenvalue weighted by atomic mass is 16.5. The highest BCUT2D eigenvalue weighted by Crippen LogP contribution is 2.43. The van der Waals surface area contributed by atoms with Gasteiger partial charge in [-0.25, -0.2) is 0 Å². The predicted molar refractivity (Wildman–Crippen MR) is 191 cm³/mol. The predicted octanol–water partition coefficient (Wildman–Crippen LogP) is 5.92. The van der Waals surface area contributed by atoms with Gasteiger partial charge in [-0.3, -0.25) is 0 Å². The third-order valence-electron chi connectivity index (χ3n) is 11.9. The van der Waals surface area contributed by atoms with Crippen LogP contribution < -0.4 is 10.1 Å². The Morgan fingerprint density at radius 1 is 0.918 bits per heavy atom. The first kappa shape index (κ1) is 35.8. The van der Waals surface area contributed by atoms with Crippen LogP contribution in [0.15, 0.2) is 72.8 Å². The number of phenols is 1. The second-order valence-electron chi connectivity index (χ2n) is 15.4. The molecule has 3 aromatic carbocycles. The van der Waals surface area contributed by atoms with Crippen LogP contribution in [-0.2, 0) is 22.5 Å². The van der Waals surface area contributed by atoms with Gasteiger partial charge in [-0.2, -0.15) is 0 Å². The summed E-state index contributed by atoms with van der Waals surface area (Å²) in [5.41, 5.74) is 1.83. The number of aliphatic hydroxyl groups is 3. The standard InChI is InChI=1S/C41H56N2O6/c1-40(2,42-26-38(46)31-13-18-37(45)32(25-31)28-44)33-14-16-36(17-15-33)48-24-8-21-43-22-19-30(20-23-43)39(27-43)49-29-41(47,35-11-6-7-12-35)34-9-4-3-5-10-34/h3-5,9-10,13-18,25,30,35,38-39,42,44,46-47H,6-8,11-12,19-24,26-29H2,1-2H3/p+1/t30?,38-,39-,41+,43?/m0/s1. The zero-order valence-electron chi connectivity index (χ0n) is 29.4. The number of piperidine rings is 3. The van der Waals surface area contributed by atoms with E-state index in [4.69, 9.17) is 9.47 Å². The van der Waals surface area contributed by atoms with Gasteiger partial charge in [-0.15, -0.1) is 0 Å². The van der Waals surface area contributed by atoms with E-state index >= 15 is 0 Å². The summed E-state index contributed by atoms with van der Waals surface area (Å²) in [6.45, 7) is 9.77. The molecule has 266 valence electrons. The molecule has 0 aromatic heterocycles. The van der Waals surface area contributed by atoms with Gasteiger partial charge in [-0.05, 0) is 73.6 Å². The maximum absolute atomic E-state index is 12.0. The minimum atomic E-state index is -0.913. The van der Waals surface area contributed by atoms with Crippen molar-refractivity contribution in [2.45, 2.75) is 88.7 Å². The number of aromatic hydroxyl groups is 1. The lowest BCUT2D eigenvalue weighted by Crippen LogP contribution is -2.65. The van der Waals surface area contributed by atoms with E-state index in [9.17, 15) is 20.4 Å². The average molecular weight is 674 g/mol.